The molecule has 3 N–H and O–H groups in total. The maximum absolute atomic E-state index is 12.4. The van der Waals surface area contributed by atoms with E-state index in [4.69, 9.17) is 10.3 Å². The number of fused-ring (bicyclic) bond motifs is 1. The van der Waals surface area contributed by atoms with Crippen molar-refractivity contribution in [2.45, 2.75) is 24.5 Å². The van der Waals surface area contributed by atoms with E-state index in [-0.39, 0.29) is 18.3 Å². The Morgan fingerprint density at radius 2 is 2.03 bits per heavy atom. The standard InChI is InChI=1S/C17H16N8O4/c18-24-22-6-10-12(26)13(27)17(29-10)25-8-21-11-14(19-7-20-15(11)25)23-16(28)9-4-2-1-3-5-9/h1-5,7-8,10,12-13,17,26-27H,6H2,(H,19,20,23,28)/t10-,12-,13-,17-/m1/s1. The number of nitrogens with zero attached hydrogens (tertiary/aromatic N) is 7. The third kappa shape index (κ3) is 3.48. The smallest absolute Gasteiger partial charge is 0.256 e. The van der Waals surface area contributed by atoms with Crippen LogP contribution in [-0.2, 0) is 4.74 Å². The summed E-state index contributed by atoms with van der Waals surface area (Å²) in [6, 6.07) is 8.63. The van der Waals surface area contributed by atoms with Gasteiger partial charge in [0.1, 0.15) is 18.5 Å². The molecule has 0 radical (unpaired) electrons. The molecular formula is C17H16N8O4. The zero-order valence-corrected chi connectivity index (χ0v) is 14.9. The fraction of sp³-hybridized carbons (Fsp3) is 0.294. The molecule has 12 heteroatoms. The number of imidazole rings is 1. The minimum atomic E-state index is -1.29. The van der Waals surface area contributed by atoms with Crippen LogP contribution in [0.1, 0.15) is 16.6 Å². The van der Waals surface area contributed by atoms with Gasteiger partial charge in [0.05, 0.1) is 19.0 Å². The van der Waals surface area contributed by atoms with Crippen LogP contribution in [0.4, 0.5) is 5.82 Å². The lowest BCUT2D eigenvalue weighted by Gasteiger charge is -2.16. The first kappa shape index (κ1) is 18.8. The summed E-state index contributed by atoms with van der Waals surface area (Å²) in [5, 5.41) is 26.6. The van der Waals surface area contributed by atoms with Crippen molar-refractivity contribution in [1.82, 2.24) is 19.5 Å². The number of anilines is 1. The number of carbonyl (C=O) groups is 1. The molecule has 29 heavy (non-hydrogen) atoms. The summed E-state index contributed by atoms with van der Waals surface area (Å²) in [7, 11) is 0. The van der Waals surface area contributed by atoms with Gasteiger partial charge in [0, 0.05) is 10.5 Å². The van der Waals surface area contributed by atoms with Crippen LogP contribution >= 0.6 is 0 Å². The molecule has 1 aliphatic heterocycles. The number of aliphatic hydroxyl groups excluding tert-OH is 2. The number of rotatable bonds is 5. The van der Waals surface area contributed by atoms with Gasteiger partial charge in [-0.2, -0.15) is 0 Å². The lowest BCUT2D eigenvalue weighted by molar-refractivity contribution is -0.0321. The lowest BCUT2D eigenvalue weighted by Crippen LogP contribution is -2.32. The number of ether oxygens (including phenoxy) is 1. The Hall–Kier alpha value is -3.57. The van der Waals surface area contributed by atoms with Gasteiger partial charge < -0.3 is 20.3 Å². The SMILES string of the molecule is [N-]=[N+]=NC[C@H]1O[C@@H](n2cnc3c(NC(=O)c4ccccc4)ncnc32)[C@H](O)[C@@H]1O. The maximum Gasteiger partial charge on any atom is 0.256 e. The molecule has 148 valence electrons. The first-order valence-electron chi connectivity index (χ1n) is 8.66. The summed E-state index contributed by atoms with van der Waals surface area (Å²) in [5.74, 6) is -0.163. The summed E-state index contributed by atoms with van der Waals surface area (Å²) < 4.78 is 7.07. The van der Waals surface area contributed by atoms with E-state index < -0.39 is 24.5 Å². The van der Waals surface area contributed by atoms with Crippen LogP contribution in [-0.4, -0.2) is 60.5 Å². The molecule has 1 aromatic carbocycles. The first-order valence-corrected chi connectivity index (χ1v) is 8.66. The van der Waals surface area contributed by atoms with Crippen LogP contribution < -0.4 is 5.32 Å². The Bertz CT molecular complexity index is 1080. The number of hydrogen-bond acceptors (Lipinski definition) is 8. The molecule has 0 unspecified atom stereocenters. The third-order valence-corrected chi connectivity index (χ3v) is 4.56. The summed E-state index contributed by atoms with van der Waals surface area (Å²) >= 11 is 0. The average molecular weight is 396 g/mol. The number of hydrogen-bond donors (Lipinski definition) is 3. The Morgan fingerprint density at radius 1 is 1.24 bits per heavy atom. The molecule has 12 nitrogen and oxygen atoms in total. The van der Waals surface area contributed by atoms with Crippen LogP contribution in [0.25, 0.3) is 21.6 Å². The van der Waals surface area contributed by atoms with Crippen molar-refractivity contribution in [2.24, 2.45) is 5.11 Å². The summed E-state index contributed by atoms with van der Waals surface area (Å²) in [6.07, 6.45) is -1.79. The number of aliphatic hydroxyl groups is 2. The molecule has 3 heterocycles. The van der Waals surface area contributed by atoms with E-state index in [0.717, 1.165) is 0 Å². The van der Waals surface area contributed by atoms with E-state index in [0.29, 0.717) is 16.7 Å². The van der Waals surface area contributed by atoms with Crippen molar-refractivity contribution in [3.05, 3.63) is 59.0 Å². The molecule has 1 saturated heterocycles. The van der Waals surface area contributed by atoms with Gasteiger partial charge in [0.25, 0.3) is 5.91 Å². The second kappa shape index (κ2) is 7.81. The van der Waals surface area contributed by atoms with Gasteiger partial charge in [-0.25, -0.2) is 15.0 Å². The number of azide groups is 1. The Kier molecular flexibility index (Phi) is 5.06. The van der Waals surface area contributed by atoms with Crippen LogP contribution in [0.5, 0.6) is 0 Å². The van der Waals surface area contributed by atoms with Gasteiger partial charge in [0.15, 0.2) is 23.2 Å². The van der Waals surface area contributed by atoms with Crippen molar-refractivity contribution in [1.29, 1.82) is 0 Å². The Morgan fingerprint density at radius 3 is 2.79 bits per heavy atom. The minimum absolute atomic E-state index is 0.134. The molecule has 0 aliphatic carbocycles. The molecule has 1 fully saturated rings. The highest BCUT2D eigenvalue weighted by atomic mass is 16.6. The zero-order valence-electron chi connectivity index (χ0n) is 14.9. The van der Waals surface area contributed by atoms with Crippen LogP contribution in [0.3, 0.4) is 0 Å². The predicted octanol–water partition coefficient (Wildman–Crippen LogP) is 1.01. The number of amides is 1. The summed E-state index contributed by atoms with van der Waals surface area (Å²) in [4.78, 5) is 27.5. The van der Waals surface area contributed by atoms with E-state index >= 15 is 0 Å². The Labute approximate surface area is 163 Å². The predicted molar refractivity (Wildman–Crippen MR) is 99.7 cm³/mol. The molecule has 0 saturated carbocycles. The number of benzene rings is 1. The minimum Gasteiger partial charge on any atom is -0.388 e. The quantitative estimate of drug-likeness (QED) is 0.328. The molecule has 0 spiro atoms. The highest BCUT2D eigenvalue weighted by Gasteiger charge is 2.44. The first-order chi connectivity index (χ1) is 14.1. The topological polar surface area (TPSA) is 171 Å². The molecule has 1 amide bonds. The van der Waals surface area contributed by atoms with E-state index in [1.54, 1.807) is 30.3 Å². The van der Waals surface area contributed by atoms with Gasteiger partial charge in [0.2, 0.25) is 0 Å². The molecule has 4 rings (SSSR count). The number of nitrogens with one attached hydrogen (secondary N) is 1. The third-order valence-electron chi connectivity index (χ3n) is 4.56. The van der Waals surface area contributed by atoms with Crippen LogP contribution in [0.2, 0.25) is 0 Å². The molecule has 1 aliphatic rings. The lowest BCUT2D eigenvalue weighted by atomic mass is 10.1. The van der Waals surface area contributed by atoms with Gasteiger partial charge in [-0.15, -0.1) is 0 Å². The fourth-order valence-electron chi connectivity index (χ4n) is 3.13. The summed E-state index contributed by atoms with van der Waals surface area (Å²) in [6.45, 7) is -0.134. The number of carbonyl (C=O) groups excluding carboxylic acids is 1. The molecule has 3 aromatic rings. The second-order valence-electron chi connectivity index (χ2n) is 6.33. The zero-order chi connectivity index (χ0) is 20.4. The van der Waals surface area contributed by atoms with Crippen molar-refractivity contribution in [3.63, 3.8) is 0 Å². The van der Waals surface area contributed by atoms with E-state index in [2.05, 4.69) is 30.3 Å². The maximum atomic E-state index is 12.4. The fourth-order valence-corrected chi connectivity index (χ4v) is 3.13. The van der Waals surface area contributed by atoms with E-state index in [9.17, 15) is 15.0 Å². The van der Waals surface area contributed by atoms with Gasteiger partial charge in [-0.3, -0.25) is 9.36 Å². The van der Waals surface area contributed by atoms with E-state index in [1.807, 2.05) is 0 Å². The van der Waals surface area contributed by atoms with Crippen molar-refractivity contribution >= 4 is 22.9 Å². The van der Waals surface area contributed by atoms with E-state index in [1.165, 1.54) is 17.2 Å². The van der Waals surface area contributed by atoms with Crippen molar-refractivity contribution in [2.75, 3.05) is 11.9 Å². The Balaban J connectivity index is 1.62. The molecule has 2 aromatic heterocycles. The highest BCUT2D eigenvalue weighted by molar-refractivity contribution is 6.06. The summed E-state index contributed by atoms with van der Waals surface area (Å²) in [5.41, 5.74) is 9.49. The monoisotopic (exact) mass is 396 g/mol. The highest BCUT2D eigenvalue weighted by Crippen LogP contribution is 2.32. The molecular weight excluding hydrogens is 380 g/mol. The van der Waals surface area contributed by atoms with Crippen LogP contribution in [0, 0.1) is 0 Å². The molecule has 4 atom stereocenters. The van der Waals surface area contributed by atoms with Gasteiger partial charge in [-0.1, -0.05) is 23.3 Å². The average Bonchev–Trinajstić information content (AvgIpc) is 3.29. The molecule has 0 bridgehead atoms. The van der Waals surface area contributed by atoms with Crippen LogP contribution in [0.15, 0.2) is 48.1 Å². The van der Waals surface area contributed by atoms with Gasteiger partial charge >= 0.3 is 0 Å². The van der Waals surface area contributed by atoms with Crippen molar-refractivity contribution in [3.8, 4) is 0 Å². The normalized spacial score (nSPS) is 23.7. The number of aromatic nitrogens is 4. The second-order valence-corrected chi connectivity index (χ2v) is 6.33. The van der Waals surface area contributed by atoms with Gasteiger partial charge in [-0.05, 0) is 17.7 Å². The van der Waals surface area contributed by atoms with Crippen molar-refractivity contribution < 1.29 is 19.7 Å². The largest absolute Gasteiger partial charge is 0.388 e.